The molecule has 1 aliphatic rings. The number of carbonyl (C=O) groups excluding carboxylic acids is 2. The summed E-state index contributed by atoms with van der Waals surface area (Å²) < 4.78 is 0. The highest BCUT2D eigenvalue weighted by molar-refractivity contribution is 5.78. The second kappa shape index (κ2) is 6.22. The van der Waals surface area contributed by atoms with Gasteiger partial charge in [-0.15, -0.1) is 0 Å². The fraction of sp³-hybridized carbons (Fsp3) is 0.429. The molecule has 3 N–H and O–H groups in total. The number of hydrogen-bond acceptors (Lipinski definition) is 2. The molecule has 0 unspecified atom stereocenters. The smallest absolute Gasteiger partial charge is 0.317 e. The number of nitrogens with zero attached hydrogens (tertiary/aromatic N) is 1. The number of nitrogens with one attached hydrogen (secondary N) is 1. The lowest BCUT2D eigenvalue weighted by molar-refractivity contribution is -0.123. The van der Waals surface area contributed by atoms with Crippen molar-refractivity contribution in [1.29, 1.82) is 0 Å². The lowest BCUT2D eigenvalue weighted by atomic mass is 9.96. The maximum atomic E-state index is 11.9. The second-order valence-electron chi connectivity index (χ2n) is 4.81. The van der Waals surface area contributed by atoms with Crippen LogP contribution in [-0.2, 0) is 11.3 Å². The molecule has 1 heterocycles. The Bertz CT molecular complexity index is 439. The quantitative estimate of drug-likeness (QED) is 0.854. The summed E-state index contributed by atoms with van der Waals surface area (Å²) in [6, 6.07) is 9.70. The molecule has 5 heteroatoms. The van der Waals surface area contributed by atoms with Gasteiger partial charge in [-0.2, -0.15) is 0 Å². The standard InChI is InChI=1S/C14H19N3O2/c15-13(18)12-6-8-17(9-7-12)14(19)16-10-11-4-2-1-3-5-11/h1-5,12H,6-10H2,(H2,15,18)(H,16,19). The van der Waals surface area contributed by atoms with Crippen molar-refractivity contribution in [3.63, 3.8) is 0 Å². The Kier molecular flexibility index (Phi) is 4.39. The molecule has 1 saturated heterocycles. The van der Waals surface area contributed by atoms with E-state index in [0.29, 0.717) is 32.5 Å². The third-order valence-electron chi connectivity index (χ3n) is 3.47. The van der Waals surface area contributed by atoms with Gasteiger partial charge in [-0.1, -0.05) is 30.3 Å². The Morgan fingerprint density at radius 3 is 2.42 bits per heavy atom. The van der Waals surface area contributed by atoms with E-state index in [2.05, 4.69) is 5.32 Å². The molecule has 1 aromatic carbocycles. The van der Waals surface area contributed by atoms with Crippen LogP contribution >= 0.6 is 0 Å². The average molecular weight is 261 g/mol. The number of nitrogens with two attached hydrogens (primary N) is 1. The van der Waals surface area contributed by atoms with Crippen molar-refractivity contribution in [3.05, 3.63) is 35.9 Å². The van der Waals surface area contributed by atoms with E-state index in [9.17, 15) is 9.59 Å². The van der Waals surface area contributed by atoms with Crippen LogP contribution in [0.3, 0.4) is 0 Å². The van der Waals surface area contributed by atoms with Crippen LogP contribution in [0.2, 0.25) is 0 Å². The number of rotatable bonds is 3. The number of hydrogen-bond donors (Lipinski definition) is 2. The Morgan fingerprint density at radius 2 is 1.84 bits per heavy atom. The van der Waals surface area contributed by atoms with Crippen molar-refractivity contribution in [2.24, 2.45) is 11.7 Å². The Hall–Kier alpha value is -2.04. The van der Waals surface area contributed by atoms with Crippen molar-refractivity contribution < 1.29 is 9.59 Å². The summed E-state index contributed by atoms with van der Waals surface area (Å²) in [5.41, 5.74) is 6.34. The Morgan fingerprint density at radius 1 is 1.21 bits per heavy atom. The molecular formula is C14H19N3O2. The first-order valence-corrected chi connectivity index (χ1v) is 6.53. The summed E-state index contributed by atoms with van der Waals surface area (Å²) in [5.74, 6) is -0.345. The van der Waals surface area contributed by atoms with Gasteiger partial charge in [-0.25, -0.2) is 4.79 Å². The molecule has 2 rings (SSSR count). The van der Waals surface area contributed by atoms with E-state index in [1.54, 1.807) is 4.90 Å². The number of benzene rings is 1. The number of amides is 3. The fourth-order valence-electron chi connectivity index (χ4n) is 2.25. The Labute approximate surface area is 112 Å². The summed E-state index contributed by atoms with van der Waals surface area (Å²) >= 11 is 0. The Balaban J connectivity index is 1.77. The van der Waals surface area contributed by atoms with Crippen molar-refractivity contribution in [1.82, 2.24) is 10.2 Å². The van der Waals surface area contributed by atoms with E-state index < -0.39 is 0 Å². The molecule has 102 valence electrons. The third-order valence-corrected chi connectivity index (χ3v) is 3.47. The highest BCUT2D eigenvalue weighted by atomic mass is 16.2. The molecule has 0 bridgehead atoms. The van der Waals surface area contributed by atoms with Crippen molar-refractivity contribution in [2.75, 3.05) is 13.1 Å². The maximum absolute atomic E-state index is 11.9. The molecular weight excluding hydrogens is 242 g/mol. The molecule has 3 amide bonds. The van der Waals surface area contributed by atoms with Crippen LogP contribution in [0.4, 0.5) is 4.79 Å². The average Bonchev–Trinajstić information content (AvgIpc) is 2.46. The first-order valence-electron chi connectivity index (χ1n) is 6.53. The van der Waals surface area contributed by atoms with Crippen molar-refractivity contribution >= 4 is 11.9 Å². The van der Waals surface area contributed by atoms with Gasteiger partial charge in [-0.05, 0) is 18.4 Å². The van der Waals surface area contributed by atoms with Crippen LogP contribution in [0.1, 0.15) is 18.4 Å². The molecule has 5 nitrogen and oxygen atoms in total. The summed E-state index contributed by atoms with van der Waals surface area (Å²) in [4.78, 5) is 24.7. The van der Waals surface area contributed by atoms with Crippen molar-refractivity contribution in [3.8, 4) is 0 Å². The predicted molar refractivity (Wildman–Crippen MR) is 72.2 cm³/mol. The van der Waals surface area contributed by atoms with E-state index in [1.165, 1.54) is 0 Å². The van der Waals surface area contributed by atoms with Gasteiger partial charge in [0.15, 0.2) is 0 Å². The number of carbonyl (C=O) groups is 2. The number of piperidine rings is 1. The molecule has 1 fully saturated rings. The molecule has 0 atom stereocenters. The highest BCUT2D eigenvalue weighted by Crippen LogP contribution is 2.16. The molecule has 19 heavy (non-hydrogen) atoms. The van der Waals surface area contributed by atoms with E-state index in [1.807, 2.05) is 30.3 Å². The predicted octanol–water partition coefficient (Wildman–Crippen LogP) is 1.09. The zero-order chi connectivity index (χ0) is 13.7. The van der Waals surface area contributed by atoms with Crippen molar-refractivity contribution in [2.45, 2.75) is 19.4 Å². The van der Waals surface area contributed by atoms with E-state index in [0.717, 1.165) is 5.56 Å². The highest BCUT2D eigenvalue weighted by Gasteiger charge is 2.25. The molecule has 0 aromatic heterocycles. The van der Waals surface area contributed by atoms with E-state index >= 15 is 0 Å². The lowest BCUT2D eigenvalue weighted by Crippen LogP contribution is -2.46. The van der Waals surface area contributed by atoms with E-state index in [4.69, 9.17) is 5.73 Å². The monoisotopic (exact) mass is 261 g/mol. The molecule has 0 spiro atoms. The van der Waals surface area contributed by atoms with Crippen LogP contribution in [0.25, 0.3) is 0 Å². The normalized spacial score (nSPS) is 16.1. The van der Waals surface area contributed by atoms with Crippen LogP contribution in [-0.4, -0.2) is 29.9 Å². The fourth-order valence-corrected chi connectivity index (χ4v) is 2.25. The number of urea groups is 1. The maximum Gasteiger partial charge on any atom is 0.317 e. The zero-order valence-corrected chi connectivity index (χ0v) is 10.8. The summed E-state index contributed by atoms with van der Waals surface area (Å²) in [6.07, 6.45) is 1.32. The largest absolute Gasteiger partial charge is 0.369 e. The molecule has 0 radical (unpaired) electrons. The molecule has 0 saturated carbocycles. The minimum absolute atomic E-state index is 0.0771. The number of likely N-dealkylation sites (tertiary alicyclic amines) is 1. The topological polar surface area (TPSA) is 75.4 Å². The third kappa shape index (κ3) is 3.71. The zero-order valence-electron chi connectivity index (χ0n) is 10.8. The van der Waals surface area contributed by atoms with Crippen LogP contribution < -0.4 is 11.1 Å². The first kappa shape index (κ1) is 13.4. The van der Waals surface area contributed by atoms with Gasteiger partial charge in [-0.3, -0.25) is 4.79 Å². The summed E-state index contributed by atoms with van der Waals surface area (Å²) in [5, 5.41) is 2.88. The first-order chi connectivity index (χ1) is 9.16. The van der Waals surface area contributed by atoms with Crippen LogP contribution in [0, 0.1) is 5.92 Å². The van der Waals surface area contributed by atoms with Gasteiger partial charge in [0.2, 0.25) is 5.91 Å². The van der Waals surface area contributed by atoms with Gasteiger partial charge in [0.05, 0.1) is 0 Å². The SMILES string of the molecule is NC(=O)C1CCN(C(=O)NCc2ccccc2)CC1. The summed E-state index contributed by atoms with van der Waals surface area (Å²) in [7, 11) is 0. The van der Waals surface area contributed by atoms with E-state index in [-0.39, 0.29) is 17.9 Å². The summed E-state index contributed by atoms with van der Waals surface area (Å²) in [6.45, 7) is 1.71. The molecule has 1 aromatic rings. The van der Waals surface area contributed by atoms with Gasteiger partial charge in [0, 0.05) is 25.6 Å². The van der Waals surface area contributed by atoms with Gasteiger partial charge in [0.25, 0.3) is 0 Å². The number of primary amides is 1. The van der Waals surface area contributed by atoms with Crippen LogP contribution in [0.5, 0.6) is 0 Å². The molecule has 0 aliphatic carbocycles. The molecule has 1 aliphatic heterocycles. The van der Waals surface area contributed by atoms with Crippen LogP contribution in [0.15, 0.2) is 30.3 Å². The lowest BCUT2D eigenvalue weighted by Gasteiger charge is -2.30. The minimum atomic E-state index is -0.260. The van der Waals surface area contributed by atoms with Gasteiger partial charge in [0.1, 0.15) is 0 Å². The van der Waals surface area contributed by atoms with Gasteiger partial charge < -0.3 is 16.0 Å². The van der Waals surface area contributed by atoms with Gasteiger partial charge >= 0.3 is 6.03 Å². The minimum Gasteiger partial charge on any atom is -0.369 e. The second-order valence-corrected chi connectivity index (χ2v) is 4.81.